The molecule has 4 aromatic rings. The van der Waals surface area contributed by atoms with Gasteiger partial charge in [-0.15, -0.1) is 24.8 Å². The summed E-state index contributed by atoms with van der Waals surface area (Å²) < 4.78 is 38.6. The number of rotatable bonds is 8. The number of carboxylic acids is 1. The summed E-state index contributed by atoms with van der Waals surface area (Å²) in [7, 11) is -4.90. The van der Waals surface area contributed by atoms with Gasteiger partial charge in [-0.25, -0.2) is 5.26 Å². The molecular formula is C22H19CuN7O10S2. The van der Waals surface area contributed by atoms with Crippen LogP contribution in [0.25, 0.3) is 10.8 Å². The zero-order valence-electron chi connectivity index (χ0n) is 20.9. The number of aliphatic carboxylic acids is 1. The van der Waals surface area contributed by atoms with Crippen molar-refractivity contribution in [2.45, 2.75) is 16.7 Å². The molecular weight excluding hydrogens is 650 g/mol. The van der Waals surface area contributed by atoms with Crippen molar-refractivity contribution in [3.05, 3.63) is 55.1 Å². The quantitative estimate of drug-likeness (QED) is 0.0267. The zero-order chi connectivity index (χ0) is 30.2. The number of phenols is 1. The number of pyridine rings is 2. The van der Waals surface area contributed by atoms with Gasteiger partial charge in [0.15, 0.2) is 11.5 Å². The standard InChI is InChI=1S/C20H15N7O8S2.C2H4O2.Cu/c21-17-16-10(7-15(37(31,32)33)19(17)27-25-12-3-5-23-9-13(12)28)6-14(36-35-34-30)18(20(16)29)26-24-11-2-1-4-22-8-11;1-2(3)4;/h1-9,28-30H,21H2,(H,31,32,33);1H3,(H,3,4);. The number of nitrogens with two attached hydrogens (primary N) is 1. The molecule has 2 aromatic heterocycles. The van der Waals surface area contributed by atoms with E-state index in [4.69, 9.17) is 20.9 Å². The fourth-order valence-corrected chi connectivity index (χ4v) is 4.28. The van der Waals surface area contributed by atoms with E-state index in [0.717, 1.165) is 19.2 Å². The van der Waals surface area contributed by atoms with Crippen LogP contribution >= 0.6 is 12.0 Å². The number of nitrogens with zero attached hydrogens (tertiary/aromatic N) is 6. The molecule has 2 aromatic carbocycles. The van der Waals surface area contributed by atoms with Crippen LogP contribution in [0.3, 0.4) is 0 Å². The SMILES string of the molecule is CC(=O)O.Nc1c(N=Nc2ccncc2O)c(S(=O)(=O)O)cc2cc(SOOO)c(N=Nc3cccnc3)c(O)c12.[Cu]. The molecule has 0 spiro atoms. The summed E-state index contributed by atoms with van der Waals surface area (Å²) in [4.78, 5) is 15.9. The minimum absolute atomic E-state index is 0. The Bertz CT molecular complexity index is 1740. The number of carbonyl (C=O) groups is 1. The van der Waals surface area contributed by atoms with Crippen LogP contribution in [0.5, 0.6) is 11.5 Å². The first-order valence-corrected chi connectivity index (χ1v) is 12.9. The van der Waals surface area contributed by atoms with Gasteiger partial charge in [-0.1, -0.05) is 5.04 Å². The number of hydrogen-bond donors (Lipinski definition) is 6. The molecule has 0 fully saturated rings. The number of aromatic nitrogens is 2. The van der Waals surface area contributed by atoms with Crippen LogP contribution < -0.4 is 5.73 Å². The first-order chi connectivity index (χ1) is 19.4. The van der Waals surface area contributed by atoms with E-state index in [9.17, 15) is 23.2 Å². The monoisotopic (exact) mass is 668 g/mol. The number of fused-ring (bicyclic) bond motifs is 1. The maximum atomic E-state index is 12.2. The number of nitrogen functional groups attached to an aromatic ring is 1. The maximum Gasteiger partial charge on any atom is 0.300 e. The van der Waals surface area contributed by atoms with Crippen LogP contribution in [0.2, 0.25) is 0 Å². The molecule has 0 atom stereocenters. The second-order valence-electron chi connectivity index (χ2n) is 7.50. The third kappa shape index (κ3) is 8.61. The van der Waals surface area contributed by atoms with E-state index < -0.39 is 38.1 Å². The fraction of sp³-hybridized carbons (Fsp3) is 0.0455. The predicted molar refractivity (Wildman–Crippen MR) is 142 cm³/mol. The van der Waals surface area contributed by atoms with Gasteiger partial charge in [0.25, 0.3) is 16.1 Å². The summed E-state index contributed by atoms with van der Waals surface area (Å²) in [5.41, 5.74) is 5.35. The van der Waals surface area contributed by atoms with Crippen molar-refractivity contribution in [3.8, 4) is 11.5 Å². The number of anilines is 1. The Hall–Kier alpha value is -4.27. The first-order valence-electron chi connectivity index (χ1n) is 10.7. The van der Waals surface area contributed by atoms with Gasteiger partial charge in [-0.3, -0.25) is 19.3 Å². The maximum absolute atomic E-state index is 12.2. The van der Waals surface area contributed by atoms with Crippen molar-refractivity contribution in [1.29, 1.82) is 0 Å². The van der Waals surface area contributed by atoms with Gasteiger partial charge in [-0.05, 0) is 35.7 Å². The van der Waals surface area contributed by atoms with Gasteiger partial charge in [-0.2, -0.15) is 8.42 Å². The Morgan fingerprint density at radius 2 is 1.69 bits per heavy atom. The van der Waals surface area contributed by atoms with E-state index in [1.807, 2.05) is 0 Å². The Kier molecular flexibility index (Phi) is 12.2. The molecule has 225 valence electrons. The summed E-state index contributed by atoms with van der Waals surface area (Å²) in [6.07, 6.45) is 5.33. The molecule has 0 aliphatic heterocycles. The third-order valence-electron chi connectivity index (χ3n) is 4.69. The number of phenolic OH excluding ortho intramolecular Hbond substituents is 1. The van der Waals surface area contributed by atoms with Crippen LogP contribution in [0, 0.1) is 0 Å². The van der Waals surface area contributed by atoms with Crippen molar-refractivity contribution in [2.75, 3.05) is 5.73 Å². The van der Waals surface area contributed by atoms with Gasteiger partial charge in [0.05, 0.1) is 40.4 Å². The van der Waals surface area contributed by atoms with E-state index in [-0.39, 0.29) is 49.9 Å². The minimum Gasteiger partial charge on any atom is -0.505 e. The second kappa shape index (κ2) is 15.1. The van der Waals surface area contributed by atoms with Crippen molar-refractivity contribution in [3.63, 3.8) is 0 Å². The normalized spacial score (nSPS) is 11.3. The molecule has 42 heavy (non-hydrogen) atoms. The van der Waals surface area contributed by atoms with E-state index in [1.54, 1.807) is 12.1 Å². The summed E-state index contributed by atoms with van der Waals surface area (Å²) in [5.74, 6) is -1.76. The first kappa shape index (κ1) is 33.9. The van der Waals surface area contributed by atoms with Gasteiger partial charge >= 0.3 is 0 Å². The number of aromatic hydroxyl groups is 2. The summed E-state index contributed by atoms with van der Waals surface area (Å²) in [6.45, 7) is 1.08. The van der Waals surface area contributed by atoms with Crippen molar-refractivity contribution in [1.82, 2.24) is 9.97 Å². The molecule has 0 saturated carbocycles. The van der Waals surface area contributed by atoms with Crippen LogP contribution in [0.1, 0.15) is 6.92 Å². The molecule has 7 N–H and O–H groups in total. The summed E-state index contributed by atoms with van der Waals surface area (Å²) in [6, 6.07) is 6.77. The van der Waals surface area contributed by atoms with Crippen molar-refractivity contribution < 1.29 is 64.8 Å². The number of benzene rings is 2. The molecule has 0 amide bonds. The molecule has 0 aliphatic rings. The summed E-state index contributed by atoms with van der Waals surface area (Å²) in [5, 5.41) is 56.0. The second-order valence-corrected chi connectivity index (χ2v) is 9.64. The summed E-state index contributed by atoms with van der Waals surface area (Å²) >= 11 is 0.414. The molecule has 0 saturated heterocycles. The molecule has 0 unspecified atom stereocenters. The van der Waals surface area contributed by atoms with E-state index in [1.165, 1.54) is 30.7 Å². The Labute approximate surface area is 251 Å². The average molecular weight is 669 g/mol. The van der Waals surface area contributed by atoms with E-state index in [2.05, 4.69) is 39.8 Å². The number of carboxylic acid groups (broad SMARTS) is 1. The van der Waals surface area contributed by atoms with Crippen LogP contribution in [0.4, 0.5) is 28.4 Å². The van der Waals surface area contributed by atoms with Crippen molar-refractivity contribution in [2.24, 2.45) is 20.5 Å². The third-order valence-corrected chi connectivity index (χ3v) is 6.18. The molecule has 4 rings (SSSR count). The zero-order valence-corrected chi connectivity index (χ0v) is 23.4. The molecule has 0 aliphatic carbocycles. The van der Waals surface area contributed by atoms with Crippen LogP contribution in [-0.2, 0) is 41.4 Å². The van der Waals surface area contributed by atoms with E-state index >= 15 is 0 Å². The molecule has 20 heteroatoms. The minimum atomic E-state index is -4.90. The van der Waals surface area contributed by atoms with Gasteiger partial charge in [0.1, 0.15) is 27.6 Å². The average Bonchev–Trinajstić information content (AvgIpc) is 2.91. The van der Waals surface area contributed by atoms with Crippen molar-refractivity contribution >= 4 is 67.3 Å². The van der Waals surface area contributed by atoms with Crippen LogP contribution in [0.15, 0.2) is 85.4 Å². The Morgan fingerprint density at radius 1 is 1.02 bits per heavy atom. The largest absolute Gasteiger partial charge is 0.505 e. The topological polar surface area (TPSA) is 272 Å². The number of azo groups is 2. The number of hydrogen-bond acceptors (Lipinski definition) is 16. The predicted octanol–water partition coefficient (Wildman–Crippen LogP) is 5.22. The molecule has 17 nitrogen and oxygen atoms in total. The Morgan fingerprint density at radius 3 is 2.29 bits per heavy atom. The Balaban J connectivity index is 0.00000116. The van der Waals surface area contributed by atoms with Gasteiger partial charge in [0.2, 0.25) is 0 Å². The van der Waals surface area contributed by atoms with Crippen LogP contribution in [-0.4, -0.2) is 49.5 Å². The van der Waals surface area contributed by atoms with Gasteiger partial charge < -0.3 is 21.1 Å². The molecule has 2 heterocycles. The van der Waals surface area contributed by atoms with Gasteiger partial charge in [0, 0.05) is 36.4 Å². The van der Waals surface area contributed by atoms with E-state index in [0.29, 0.717) is 17.7 Å². The fourth-order valence-electron chi connectivity index (χ4n) is 3.11. The smallest absolute Gasteiger partial charge is 0.300 e. The molecule has 1 radical (unpaired) electrons. The molecule has 0 bridgehead atoms.